The summed E-state index contributed by atoms with van der Waals surface area (Å²) in [7, 11) is 1.60. The highest BCUT2D eigenvalue weighted by Gasteiger charge is 2.43. The highest BCUT2D eigenvalue weighted by atomic mass is 35.5. The van der Waals surface area contributed by atoms with Crippen molar-refractivity contribution in [3.05, 3.63) is 86.0 Å². The van der Waals surface area contributed by atoms with E-state index in [-0.39, 0.29) is 41.8 Å². The predicted octanol–water partition coefficient (Wildman–Crippen LogP) is 6.81. The zero-order valence-electron chi connectivity index (χ0n) is 26.4. The number of ether oxygens (including phenoxy) is 1. The number of nitrogens with one attached hydrogen (secondary N) is 2. The molecule has 0 spiro atoms. The molecule has 0 bridgehead atoms. The van der Waals surface area contributed by atoms with Crippen LogP contribution in [0.4, 0.5) is 5.82 Å². The van der Waals surface area contributed by atoms with Gasteiger partial charge in [-0.05, 0) is 98.7 Å². The van der Waals surface area contributed by atoms with Gasteiger partial charge in [0.25, 0.3) is 5.91 Å². The number of benzene rings is 2. The normalized spacial score (nSPS) is 22.0. The van der Waals surface area contributed by atoms with E-state index in [1.54, 1.807) is 19.2 Å². The van der Waals surface area contributed by atoms with Crippen LogP contribution in [0.15, 0.2) is 48.7 Å². The number of hydrogen-bond donors (Lipinski definition) is 2. The Morgan fingerprint density at radius 2 is 1.80 bits per heavy atom. The smallest absolute Gasteiger partial charge is 0.251 e. The van der Waals surface area contributed by atoms with Gasteiger partial charge in [0.05, 0.1) is 28.5 Å². The summed E-state index contributed by atoms with van der Waals surface area (Å²) in [6.07, 6.45) is 5.49. The number of halogens is 3. The zero-order chi connectivity index (χ0) is 32.5. The summed E-state index contributed by atoms with van der Waals surface area (Å²) < 4.78 is 6.22. The Bertz CT molecular complexity index is 1580. The third-order valence-corrected chi connectivity index (χ3v) is 10.3. The van der Waals surface area contributed by atoms with Crippen molar-refractivity contribution in [1.82, 2.24) is 20.5 Å². The van der Waals surface area contributed by atoms with Gasteiger partial charge in [-0.2, -0.15) is 0 Å². The van der Waals surface area contributed by atoms with E-state index in [1.807, 2.05) is 43.1 Å². The molecule has 3 fully saturated rings. The monoisotopic (exact) mass is 683 g/mol. The summed E-state index contributed by atoms with van der Waals surface area (Å²) in [5.74, 6) is 1.15. The van der Waals surface area contributed by atoms with Crippen molar-refractivity contribution in [2.75, 3.05) is 38.1 Å². The number of carbonyl (C=O) groups excluding carboxylic acids is 2. The lowest BCUT2D eigenvalue weighted by atomic mass is 9.80. The second-order valence-electron chi connectivity index (χ2n) is 12.7. The molecule has 2 amide bonds. The third-order valence-electron chi connectivity index (χ3n) is 9.44. The van der Waals surface area contributed by atoms with Gasteiger partial charge in [-0.15, -0.1) is 0 Å². The van der Waals surface area contributed by atoms with Crippen LogP contribution in [0, 0.1) is 12.8 Å². The molecule has 3 aromatic rings. The van der Waals surface area contributed by atoms with Crippen LogP contribution < -0.4 is 20.3 Å². The number of rotatable bonds is 9. The van der Waals surface area contributed by atoms with E-state index >= 15 is 0 Å². The lowest BCUT2D eigenvalue weighted by Crippen LogP contribution is -2.48. The van der Waals surface area contributed by atoms with Crippen molar-refractivity contribution >= 4 is 52.4 Å². The molecule has 0 radical (unpaired) electrons. The summed E-state index contributed by atoms with van der Waals surface area (Å²) in [5, 5.41) is 7.72. The van der Waals surface area contributed by atoms with Gasteiger partial charge < -0.3 is 25.2 Å². The molecule has 1 unspecified atom stereocenters. The molecule has 6 rings (SSSR count). The maximum absolute atomic E-state index is 14.4. The van der Waals surface area contributed by atoms with Gasteiger partial charge in [-0.25, -0.2) is 4.98 Å². The third kappa shape index (κ3) is 6.96. The minimum Gasteiger partial charge on any atom is -0.485 e. The average Bonchev–Trinajstić information content (AvgIpc) is 3.78. The van der Waals surface area contributed by atoms with Crippen LogP contribution in [-0.2, 0) is 4.79 Å². The van der Waals surface area contributed by atoms with Crippen LogP contribution in [0.3, 0.4) is 0 Å². The molecule has 1 aromatic heterocycles. The van der Waals surface area contributed by atoms with Gasteiger partial charge in [0.1, 0.15) is 11.9 Å². The van der Waals surface area contributed by atoms with Crippen molar-refractivity contribution in [2.45, 2.75) is 63.6 Å². The molecular weight excluding hydrogens is 645 g/mol. The Balaban J connectivity index is 1.16. The first kappa shape index (κ1) is 32.9. The van der Waals surface area contributed by atoms with E-state index in [0.717, 1.165) is 61.3 Å². The first-order valence-electron chi connectivity index (χ1n) is 16.0. The molecule has 1 aliphatic carbocycles. The molecule has 3 heterocycles. The summed E-state index contributed by atoms with van der Waals surface area (Å²) in [4.78, 5) is 35.8. The fourth-order valence-electron chi connectivity index (χ4n) is 6.85. The minimum atomic E-state index is -0.268. The van der Waals surface area contributed by atoms with Crippen molar-refractivity contribution in [3.8, 4) is 5.75 Å². The molecule has 4 atom stereocenters. The molecular formula is C35H40Cl3N5O3. The number of piperidine rings is 1. The summed E-state index contributed by atoms with van der Waals surface area (Å²) >= 11 is 19.5. The molecule has 3 aliphatic rings. The first-order chi connectivity index (χ1) is 22.1. The molecule has 2 N–H and O–H groups in total. The fourth-order valence-corrected chi connectivity index (χ4v) is 7.81. The Labute approximate surface area is 285 Å². The quantitative estimate of drug-likeness (QED) is 0.258. The summed E-state index contributed by atoms with van der Waals surface area (Å²) in [6, 6.07) is 13.1. The van der Waals surface area contributed by atoms with Gasteiger partial charge in [0.15, 0.2) is 5.75 Å². The number of aryl methyl sites for hydroxylation is 1. The highest BCUT2D eigenvalue weighted by Crippen LogP contribution is 2.41. The lowest BCUT2D eigenvalue weighted by molar-refractivity contribution is -0.139. The van der Waals surface area contributed by atoms with Crippen LogP contribution >= 0.6 is 34.8 Å². The lowest BCUT2D eigenvalue weighted by Gasteiger charge is -2.38. The number of nitrogens with zero attached hydrogens (tertiary/aromatic N) is 3. The maximum atomic E-state index is 14.4. The summed E-state index contributed by atoms with van der Waals surface area (Å²) in [6.45, 7) is 6.89. The topological polar surface area (TPSA) is 86.8 Å². The van der Waals surface area contributed by atoms with Gasteiger partial charge in [-0.3, -0.25) is 9.59 Å². The Hall–Kier alpha value is -3.04. The van der Waals surface area contributed by atoms with Crippen molar-refractivity contribution in [1.29, 1.82) is 0 Å². The second-order valence-corrected chi connectivity index (χ2v) is 13.9. The van der Waals surface area contributed by atoms with Crippen LogP contribution in [0.2, 0.25) is 15.1 Å². The molecule has 2 saturated heterocycles. The van der Waals surface area contributed by atoms with Gasteiger partial charge >= 0.3 is 0 Å². The second kappa shape index (κ2) is 14.0. The van der Waals surface area contributed by atoms with Gasteiger partial charge in [-0.1, -0.05) is 40.9 Å². The van der Waals surface area contributed by atoms with Crippen LogP contribution in [-0.4, -0.2) is 67.1 Å². The standard InChI is InChI=1S/C35H40Cl3N5O3/c1-20-14-30(37)33(31(38)15-20)46-25-11-13-42(19-25)32-9-5-23(17-41-32)26-10-12-40-18-28(26)35(45)43(24-6-7-24)21(2)27-16-22(34(44)39-3)4-8-29(27)36/h4-5,8-9,14-17,21,24-26,28,40H,6-7,10-13,18-19H2,1-3H3,(H,39,44)/t21?,25-,26-,28+/m1/s1. The minimum absolute atomic E-state index is 0.0388. The summed E-state index contributed by atoms with van der Waals surface area (Å²) in [5.41, 5.74) is 3.37. The maximum Gasteiger partial charge on any atom is 0.251 e. The highest BCUT2D eigenvalue weighted by molar-refractivity contribution is 6.37. The molecule has 244 valence electrons. The number of amides is 2. The van der Waals surface area contributed by atoms with E-state index in [9.17, 15) is 9.59 Å². The van der Waals surface area contributed by atoms with Crippen molar-refractivity contribution < 1.29 is 14.3 Å². The van der Waals surface area contributed by atoms with Crippen LogP contribution in [0.5, 0.6) is 5.75 Å². The SMILES string of the molecule is CNC(=O)c1ccc(Cl)c(C(C)N(C(=O)[C@H]2CNCC[C@@H]2c2ccc(N3CC[C@@H](Oc4c(Cl)cc(C)cc4Cl)C3)nc2)C2CC2)c1. The molecule has 11 heteroatoms. The number of aromatic nitrogens is 1. The average molecular weight is 685 g/mol. The van der Waals surface area contributed by atoms with E-state index in [1.165, 1.54) is 0 Å². The molecule has 2 aromatic carbocycles. The van der Waals surface area contributed by atoms with Gasteiger partial charge in [0, 0.05) is 49.4 Å². The van der Waals surface area contributed by atoms with Crippen LogP contribution in [0.25, 0.3) is 0 Å². The van der Waals surface area contributed by atoms with E-state index in [4.69, 9.17) is 44.5 Å². The Morgan fingerprint density at radius 1 is 1.04 bits per heavy atom. The van der Waals surface area contributed by atoms with Crippen LogP contribution in [0.1, 0.15) is 71.6 Å². The van der Waals surface area contributed by atoms with Crippen molar-refractivity contribution in [2.24, 2.45) is 5.92 Å². The Kier molecular flexibility index (Phi) is 9.99. The number of anilines is 1. The number of pyridine rings is 1. The number of hydrogen-bond acceptors (Lipinski definition) is 6. The fraction of sp³-hybridized carbons (Fsp3) is 0.457. The predicted molar refractivity (Wildman–Crippen MR) is 184 cm³/mol. The van der Waals surface area contributed by atoms with E-state index in [0.29, 0.717) is 39.5 Å². The van der Waals surface area contributed by atoms with E-state index in [2.05, 4.69) is 27.7 Å². The molecule has 1 saturated carbocycles. The largest absolute Gasteiger partial charge is 0.485 e. The zero-order valence-corrected chi connectivity index (χ0v) is 28.6. The Morgan fingerprint density at radius 3 is 2.48 bits per heavy atom. The first-order valence-corrected chi connectivity index (χ1v) is 17.2. The van der Waals surface area contributed by atoms with Gasteiger partial charge in [0.2, 0.25) is 5.91 Å². The van der Waals surface area contributed by atoms with E-state index < -0.39 is 0 Å². The van der Waals surface area contributed by atoms with Crippen molar-refractivity contribution in [3.63, 3.8) is 0 Å². The number of carbonyl (C=O) groups is 2. The molecule has 8 nitrogen and oxygen atoms in total. The molecule has 46 heavy (non-hydrogen) atoms. The molecule has 2 aliphatic heterocycles.